The molecule has 3 rings (SSSR count). The van der Waals surface area contributed by atoms with E-state index in [0.717, 1.165) is 11.3 Å². The van der Waals surface area contributed by atoms with Crippen molar-refractivity contribution in [3.05, 3.63) is 51.8 Å². The molecule has 0 aliphatic carbocycles. The topological polar surface area (TPSA) is 130 Å². The fourth-order valence-corrected chi connectivity index (χ4v) is 3.14. The zero-order valence-corrected chi connectivity index (χ0v) is 18.4. The fourth-order valence-electron chi connectivity index (χ4n) is 3.14. The first kappa shape index (κ1) is 22.0. The van der Waals surface area contributed by atoms with E-state index >= 15 is 0 Å². The largest absolute Gasteiger partial charge is 0.505 e. The quantitative estimate of drug-likeness (QED) is 0.421. The second-order valence-electron chi connectivity index (χ2n) is 7.95. The minimum Gasteiger partial charge on any atom is -0.505 e. The van der Waals surface area contributed by atoms with Gasteiger partial charge in [0.25, 0.3) is 11.7 Å². The molecule has 166 valence electrons. The van der Waals surface area contributed by atoms with E-state index in [2.05, 4.69) is 15.8 Å². The number of carbonyl (C=O) groups excluding carboxylic acids is 1. The Hall–Kier alpha value is -3.69. The van der Waals surface area contributed by atoms with E-state index < -0.39 is 0 Å². The summed E-state index contributed by atoms with van der Waals surface area (Å²) in [7, 11) is 3.19. The highest BCUT2D eigenvalue weighted by molar-refractivity contribution is 5.98. The summed E-state index contributed by atoms with van der Waals surface area (Å²) in [4.78, 5) is 25.9. The molecule has 0 aliphatic heterocycles. The third kappa shape index (κ3) is 4.42. The van der Waals surface area contributed by atoms with Crippen LogP contribution in [0, 0.1) is 24.7 Å². The molecule has 10 heteroatoms. The summed E-state index contributed by atoms with van der Waals surface area (Å²) in [6.45, 7) is 7.84. The molecule has 0 fully saturated rings. The molecule has 4 N–H and O–H groups in total. The Morgan fingerprint density at radius 1 is 1.26 bits per heavy atom. The predicted molar refractivity (Wildman–Crippen MR) is 115 cm³/mol. The van der Waals surface area contributed by atoms with Crippen LogP contribution in [0.15, 0.2) is 33.3 Å². The molecule has 0 saturated heterocycles. The number of nitrogens with zero attached hydrogens (tertiary/aromatic N) is 2. The van der Waals surface area contributed by atoms with Crippen molar-refractivity contribution in [2.75, 3.05) is 24.7 Å². The van der Waals surface area contributed by atoms with Gasteiger partial charge in [0.2, 0.25) is 0 Å². The lowest BCUT2D eigenvalue weighted by atomic mass is 10.0. The highest BCUT2D eigenvalue weighted by Crippen LogP contribution is 2.34. The van der Waals surface area contributed by atoms with Crippen molar-refractivity contribution in [2.24, 2.45) is 5.92 Å². The molecular formula is C21H28N5O5+. The van der Waals surface area contributed by atoms with E-state index in [4.69, 9.17) is 9.05 Å². The Morgan fingerprint density at radius 2 is 1.97 bits per heavy atom. The number of nitrogens with one attached hydrogen (secondary N) is 3. The number of phenols is 1. The molecule has 0 unspecified atom stereocenters. The second-order valence-corrected chi connectivity index (χ2v) is 7.95. The summed E-state index contributed by atoms with van der Waals surface area (Å²) in [5.74, 6) is 1.26. The minimum absolute atomic E-state index is 0.0779. The number of anilines is 3. The van der Waals surface area contributed by atoms with E-state index in [0.29, 0.717) is 10.4 Å². The van der Waals surface area contributed by atoms with Crippen LogP contribution in [0.5, 0.6) is 5.75 Å². The molecule has 10 nitrogen and oxygen atoms in total. The zero-order chi connectivity index (χ0) is 22.9. The maximum absolute atomic E-state index is 12.3. The van der Waals surface area contributed by atoms with Crippen molar-refractivity contribution in [3.8, 4) is 5.75 Å². The first-order valence-electron chi connectivity index (χ1n) is 9.88. The number of amides is 1. The molecule has 31 heavy (non-hydrogen) atoms. The lowest BCUT2D eigenvalue weighted by Gasteiger charge is -2.16. The average molecular weight is 430 g/mol. The first-order chi connectivity index (χ1) is 14.6. The molecule has 2 aromatic heterocycles. The number of aromatic hydroxyl groups is 1. The summed E-state index contributed by atoms with van der Waals surface area (Å²) >= 11 is 0. The van der Waals surface area contributed by atoms with Crippen LogP contribution in [0.1, 0.15) is 47.3 Å². The van der Waals surface area contributed by atoms with Crippen LogP contribution >= 0.6 is 0 Å². The van der Waals surface area contributed by atoms with Crippen LogP contribution < -0.4 is 15.2 Å². The Morgan fingerprint density at radius 3 is 2.55 bits per heavy atom. The smallest absolute Gasteiger partial charge is 0.367 e. The predicted octanol–water partition coefficient (Wildman–Crippen LogP) is 3.69. The molecule has 0 saturated carbocycles. The maximum atomic E-state index is 12.3. The summed E-state index contributed by atoms with van der Waals surface area (Å²) in [6.07, 6.45) is 0. The minimum atomic E-state index is -0.349. The highest BCUT2D eigenvalue weighted by Gasteiger charge is 2.30. The number of aromatic amines is 1. The Kier molecular flexibility index (Phi) is 6.09. The van der Waals surface area contributed by atoms with Gasteiger partial charge in [0.15, 0.2) is 10.3 Å². The van der Waals surface area contributed by atoms with Crippen molar-refractivity contribution >= 4 is 23.2 Å². The highest BCUT2D eigenvalue weighted by atomic mass is 16.7. The van der Waals surface area contributed by atoms with Crippen LogP contribution in [-0.4, -0.2) is 35.2 Å². The standard InChI is InChI=1S/C21H27N5O5/c1-11(2)17(16-10-12(3)13(4)30-16)23-20-19(24-31-26(20)29)22-15-9-7-8-14(18(15)27)21(28)25(5)6/h7-11,17H,1-6H3,(H3-,22,23,24,27,28,29)/p+1/t17-/m1/s1. The van der Waals surface area contributed by atoms with E-state index in [9.17, 15) is 14.8 Å². The molecular weight excluding hydrogens is 402 g/mol. The van der Waals surface area contributed by atoms with Gasteiger partial charge in [-0.1, -0.05) is 25.1 Å². The van der Waals surface area contributed by atoms with Crippen molar-refractivity contribution < 1.29 is 23.5 Å². The fraction of sp³-hybridized carbons (Fsp3) is 0.381. The van der Waals surface area contributed by atoms with Crippen molar-refractivity contribution in [1.82, 2.24) is 10.1 Å². The normalized spacial score (nSPS) is 12.1. The van der Waals surface area contributed by atoms with E-state index in [1.165, 1.54) is 11.0 Å². The summed E-state index contributed by atoms with van der Waals surface area (Å²) in [5.41, 5.74) is 1.38. The third-order valence-electron chi connectivity index (χ3n) is 5.03. The molecule has 1 amide bonds. The lowest BCUT2D eigenvalue weighted by Crippen LogP contribution is -2.24. The Bertz CT molecular complexity index is 1120. The first-order valence-corrected chi connectivity index (χ1v) is 9.88. The number of rotatable bonds is 7. The molecule has 2 heterocycles. The van der Waals surface area contributed by atoms with Gasteiger partial charge in [0.1, 0.15) is 17.6 Å². The van der Waals surface area contributed by atoms with Gasteiger partial charge in [-0.3, -0.25) is 10.1 Å². The molecule has 1 atom stereocenters. The van der Waals surface area contributed by atoms with Gasteiger partial charge >= 0.3 is 5.82 Å². The number of aromatic nitrogens is 2. The van der Waals surface area contributed by atoms with Gasteiger partial charge in [-0.25, -0.2) is 0 Å². The second kappa shape index (κ2) is 8.58. The number of H-pyrrole nitrogens is 1. The van der Waals surface area contributed by atoms with E-state index in [1.54, 1.807) is 26.2 Å². The number of phenolic OH excluding ortho intramolecular Hbond substituents is 1. The maximum Gasteiger partial charge on any atom is 0.367 e. The van der Waals surface area contributed by atoms with E-state index in [-0.39, 0.29) is 46.5 Å². The number of benzene rings is 1. The molecule has 0 bridgehead atoms. The summed E-state index contributed by atoms with van der Waals surface area (Å²) in [6, 6.07) is 6.35. The van der Waals surface area contributed by atoms with Crippen LogP contribution in [0.25, 0.3) is 0 Å². The molecule has 3 aromatic rings. The zero-order valence-electron chi connectivity index (χ0n) is 18.4. The van der Waals surface area contributed by atoms with Crippen LogP contribution in [-0.2, 0) is 0 Å². The molecule has 0 radical (unpaired) electrons. The van der Waals surface area contributed by atoms with Gasteiger partial charge in [0, 0.05) is 14.1 Å². The van der Waals surface area contributed by atoms with Crippen molar-refractivity contribution in [2.45, 2.75) is 33.7 Å². The summed E-state index contributed by atoms with van der Waals surface area (Å²) < 4.78 is 11.0. The number of carbonyl (C=O) groups is 1. The van der Waals surface area contributed by atoms with Gasteiger partial charge in [-0.05, 0) is 48.4 Å². The van der Waals surface area contributed by atoms with Gasteiger partial charge in [0.05, 0.1) is 11.3 Å². The average Bonchev–Trinajstić information content (AvgIpc) is 3.22. The number of furan rings is 1. The van der Waals surface area contributed by atoms with Gasteiger partial charge in [-0.2, -0.15) is 0 Å². The van der Waals surface area contributed by atoms with Gasteiger partial charge in [-0.15, -0.1) is 4.63 Å². The van der Waals surface area contributed by atoms with Crippen LogP contribution in [0.3, 0.4) is 0 Å². The molecule has 0 spiro atoms. The number of hydrogen-bond donors (Lipinski definition) is 4. The van der Waals surface area contributed by atoms with E-state index in [1.807, 2.05) is 33.8 Å². The van der Waals surface area contributed by atoms with Gasteiger partial charge < -0.3 is 19.7 Å². The Balaban J connectivity index is 1.94. The number of hydrogen-bond acceptors (Lipinski definition) is 7. The van der Waals surface area contributed by atoms with Crippen LogP contribution in [0.4, 0.5) is 17.3 Å². The van der Waals surface area contributed by atoms with Crippen molar-refractivity contribution in [3.63, 3.8) is 0 Å². The monoisotopic (exact) mass is 430 g/mol. The molecule has 1 aromatic carbocycles. The summed E-state index contributed by atoms with van der Waals surface area (Å²) in [5, 5.41) is 19.2. The Labute approximate surface area is 179 Å². The number of aryl methyl sites for hydroxylation is 2. The van der Waals surface area contributed by atoms with Crippen LogP contribution in [0.2, 0.25) is 0 Å². The third-order valence-corrected chi connectivity index (χ3v) is 5.03. The lowest BCUT2D eigenvalue weighted by molar-refractivity contribution is -0.701. The molecule has 0 aliphatic rings. The number of para-hydroxylation sites is 1. The SMILES string of the molecule is Cc1cc([C@H](Nc2c(Nc3cccc(C(=O)N(C)C)c3O)[nH]o[n+]2=O)C(C)C)oc1C. The van der Waals surface area contributed by atoms with Crippen molar-refractivity contribution in [1.29, 1.82) is 0 Å².